The van der Waals surface area contributed by atoms with Gasteiger partial charge in [-0.1, -0.05) is 0 Å². The molecule has 0 aliphatic carbocycles. The summed E-state index contributed by atoms with van der Waals surface area (Å²) in [7, 11) is 0. The molecule has 20 heavy (non-hydrogen) atoms. The van der Waals surface area contributed by atoms with Crippen LogP contribution in [0.5, 0.6) is 0 Å². The number of aryl methyl sites for hydroxylation is 1. The van der Waals surface area contributed by atoms with Crippen molar-refractivity contribution in [3.8, 4) is 0 Å². The van der Waals surface area contributed by atoms with E-state index in [9.17, 15) is 4.79 Å². The van der Waals surface area contributed by atoms with E-state index < -0.39 is 0 Å². The van der Waals surface area contributed by atoms with Crippen LogP contribution in [0.2, 0.25) is 0 Å². The van der Waals surface area contributed by atoms with E-state index in [0.717, 1.165) is 18.6 Å². The Morgan fingerprint density at radius 3 is 3.10 bits per heavy atom. The van der Waals surface area contributed by atoms with Gasteiger partial charge in [-0.15, -0.1) is 0 Å². The quantitative estimate of drug-likeness (QED) is 0.900. The zero-order chi connectivity index (χ0) is 13.7. The lowest BCUT2D eigenvalue weighted by atomic mass is 9.99. The van der Waals surface area contributed by atoms with Crippen LogP contribution in [0, 0.1) is 12.8 Å². The van der Waals surface area contributed by atoms with E-state index in [1.54, 1.807) is 6.07 Å². The summed E-state index contributed by atoms with van der Waals surface area (Å²) in [5.41, 5.74) is 2.11. The largest absolute Gasteiger partial charge is 0.441 e. The molecule has 1 amide bonds. The van der Waals surface area contributed by atoms with Gasteiger partial charge in [0.2, 0.25) is 0 Å². The van der Waals surface area contributed by atoms with Crippen LogP contribution in [0.15, 0.2) is 22.6 Å². The standard InChI is InChI=1S/C15H17N3O2/c1-9-16-12-3-2-10(6-14(12)20-9)15(19)17-13-8-18-5-4-11(13)7-18/h2-3,6,11,13H,4-5,7-8H2,1H3,(H,17,19). The van der Waals surface area contributed by atoms with Crippen LogP contribution >= 0.6 is 0 Å². The summed E-state index contributed by atoms with van der Waals surface area (Å²) in [5, 5.41) is 3.16. The van der Waals surface area contributed by atoms with Gasteiger partial charge in [0.05, 0.1) is 0 Å². The van der Waals surface area contributed by atoms with Crippen molar-refractivity contribution in [2.75, 3.05) is 19.6 Å². The molecule has 2 aliphatic heterocycles. The molecule has 5 nitrogen and oxygen atoms in total. The predicted molar refractivity (Wildman–Crippen MR) is 74.5 cm³/mol. The number of fused-ring (bicyclic) bond motifs is 3. The molecule has 2 aliphatic rings. The molecule has 0 radical (unpaired) electrons. The monoisotopic (exact) mass is 271 g/mol. The zero-order valence-electron chi connectivity index (χ0n) is 11.4. The van der Waals surface area contributed by atoms with Crippen LogP contribution in [0.4, 0.5) is 0 Å². The molecule has 1 N–H and O–H groups in total. The highest BCUT2D eigenvalue weighted by atomic mass is 16.3. The first-order valence-electron chi connectivity index (χ1n) is 7.09. The number of hydrogen-bond acceptors (Lipinski definition) is 4. The van der Waals surface area contributed by atoms with Crippen molar-refractivity contribution in [2.45, 2.75) is 19.4 Å². The van der Waals surface area contributed by atoms with Crippen molar-refractivity contribution in [3.05, 3.63) is 29.7 Å². The fraction of sp³-hybridized carbons (Fsp3) is 0.467. The Morgan fingerprint density at radius 2 is 2.35 bits per heavy atom. The second-order valence-electron chi connectivity index (χ2n) is 5.80. The number of piperidine rings is 1. The lowest BCUT2D eigenvalue weighted by Gasteiger charge is -2.23. The molecule has 1 aromatic heterocycles. The Labute approximate surface area is 117 Å². The second-order valence-corrected chi connectivity index (χ2v) is 5.80. The SMILES string of the molecule is Cc1nc2ccc(C(=O)NC3CN4CCC3C4)cc2o1. The minimum Gasteiger partial charge on any atom is -0.441 e. The number of carbonyl (C=O) groups is 1. The van der Waals surface area contributed by atoms with Gasteiger partial charge in [-0.05, 0) is 37.1 Å². The van der Waals surface area contributed by atoms with Gasteiger partial charge >= 0.3 is 0 Å². The topological polar surface area (TPSA) is 58.4 Å². The smallest absolute Gasteiger partial charge is 0.251 e. The number of carbonyl (C=O) groups excluding carboxylic acids is 1. The van der Waals surface area contributed by atoms with Crippen LogP contribution in [-0.2, 0) is 0 Å². The van der Waals surface area contributed by atoms with Crippen LogP contribution in [0.25, 0.3) is 11.1 Å². The third kappa shape index (κ3) is 1.89. The molecule has 2 aromatic rings. The fourth-order valence-corrected chi connectivity index (χ4v) is 3.38. The van der Waals surface area contributed by atoms with Gasteiger partial charge in [0.1, 0.15) is 5.52 Å². The fourth-order valence-electron chi connectivity index (χ4n) is 3.38. The van der Waals surface area contributed by atoms with Crippen molar-refractivity contribution >= 4 is 17.0 Å². The van der Waals surface area contributed by atoms with Crippen molar-refractivity contribution in [1.82, 2.24) is 15.2 Å². The Morgan fingerprint density at radius 1 is 1.45 bits per heavy atom. The number of nitrogens with one attached hydrogen (secondary N) is 1. The number of benzene rings is 1. The van der Waals surface area contributed by atoms with Crippen molar-refractivity contribution in [3.63, 3.8) is 0 Å². The van der Waals surface area contributed by atoms with Crippen molar-refractivity contribution in [2.24, 2.45) is 5.92 Å². The van der Waals surface area contributed by atoms with Crippen LogP contribution in [-0.4, -0.2) is 41.5 Å². The third-order valence-corrected chi connectivity index (χ3v) is 4.41. The van der Waals surface area contributed by atoms with E-state index in [1.807, 2.05) is 19.1 Å². The molecule has 0 spiro atoms. The van der Waals surface area contributed by atoms with E-state index in [0.29, 0.717) is 29.0 Å². The molecule has 2 fully saturated rings. The first-order chi connectivity index (χ1) is 9.69. The maximum atomic E-state index is 12.3. The first kappa shape index (κ1) is 11.9. The minimum atomic E-state index is -0.0142. The van der Waals surface area contributed by atoms with Gasteiger partial charge in [0, 0.05) is 31.6 Å². The Hall–Kier alpha value is -1.88. The van der Waals surface area contributed by atoms with E-state index in [-0.39, 0.29) is 5.91 Å². The third-order valence-electron chi connectivity index (χ3n) is 4.41. The Bertz CT molecular complexity index is 679. The molecule has 0 saturated carbocycles. The maximum Gasteiger partial charge on any atom is 0.251 e. The van der Waals surface area contributed by atoms with Crippen molar-refractivity contribution < 1.29 is 9.21 Å². The predicted octanol–water partition coefficient (Wildman–Crippen LogP) is 1.57. The molecule has 1 aromatic carbocycles. The maximum absolute atomic E-state index is 12.3. The van der Waals surface area contributed by atoms with Gasteiger partial charge in [0.15, 0.2) is 11.5 Å². The summed E-state index contributed by atoms with van der Waals surface area (Å²) in [6.07, 6.45) is 1.20. The molecule has 3 heterocycles. The molecule has 2 bridgehead atoms. The molecule has 5 heteroatoms. The molecule has 104 valence electrons. The number of oxazole rings is 1. The normalized spacial score (nSPS) is 28.1. The highest BCUT2D eigenvalue weighted by Gasteiger charge is 2.38. The number of rotatable bonds is 2. The van der Waals surface area contributed by atoms with Gasteiger partial charge in [-0.2, -0.15) is 0 Å². The molecule has 3 unspecified atom stereocenters. The van der Waals surface area contributed by atoms with Gasteiger partial charge in [-0.3, -0.25) is 4.79 Å². The Kier molecular flexibility index (Phi) is 2.57. The van der Waals surface area contributed by atoms with Gasteiger partial charge in [0.25, 0.3) is 5.91 Å². The van der Waals surface area contributed by atoms with Gasteiger partial charge < -0.3 is 14.6 Å². The summed E-state index contributed by atoms with van der Waals surface area (Å²) in [6, 6.07) is 5.72. The van der Waals surface area contributed by atoms with Gasteiger partial charge in [-0.25, -0.2) is 4.98 Å². The van der Waals surface area contributed by atoms with E-state index in [2.05, 4.69) is 15.2 Å². The minimum absolute atomic E-state index is 0.0142. The number of amides is 1. The second kappa shape index (κ2) is 4.31. The van der Waals surface area contributed by atoms with E-state index >= 15 is 0 Å². The molecule has 2 saturated heterocycles. The van der Waals surface area contributed by atoms with Crippen molar-refractivity contribution in [1.29, 1.82) is 0 Å². The highest BCUT2D eigenvalue weighted by molar-refractivity contribution is 5.97. The Balaban J connectivity index is 1.54. The highest BCUT2D eigenvalue weighted by Crippen LogP contribution is 2.28. The molecular formula is C15H17N3O2. The molecule has 3 atom stereocenters. The summed E-state index contributed by atoms with van der Waals surface area (Å²) >= 11 is 0. The summed E-state index contributed by atoms with van der Waals surface area (Å²) in [6.45, 7) is 5.11. The zero-order valence-corrected chi connectivity index (χ0v) is 11.4. The van der Waals surface area contributed by atoms with Crippen LogP contribution in [0.3, 0.4) is 0 Å². The average molecular weight is 271 g/mol. The summed E-state index contributed by atoms with van der Waals surface area (Å²) in [4.78, 5) is 19.0. The number of hydrogen-bond donors (Lipinski definition) is 1. The molecular weight excluding hydrogens is 254 g/mol. The summed E-state index contributed by atoms with van der Waals surface area (Å²) in [5.74, 6) is 1.23. The average Bonchev–Trinajstić information content (AvgIpc) is 3.10. The van der Waals surface area contributed by atoms with E-state index in [1.165, 1.54) is 13.0 Å². The lowest BCUT2D eigenvalue weighted by molar-refractivity contribution is 0.0924. The number of aromatic nitrogens is 1. The summed E-state index contributed by atoms with van der Waals surface area (Å²) < 4.78 is 5.48. The molecule has 4 rings (SSSR count). The van der Waals surface area contributed by atoms with Crippen LogP contribution < -0.4 is 5.32 Å². The van der Waals surface area contributed by atoms with E-state index in [4.69, 9.17) is 4.42 Å². The number of nitrogens with zero attached hydrogens (tertiary/aromatic N) is 2. The lowest BCUT2D eigenvalue weighted by Crippen LogP contribution is -2.43. The van der Waals surface area contributed by atoms with Crippen LogP contribution in [0.1, 0.15) is 22.7 Å². The first-order valence-corrected chi connectivity index (χ1v) is 7.09.